The van der Waals surface area contributed by atoms with Crippen LogP contribution in [0, 0.1) is 0 Å². The van der Waals surface area contributed by atoms with E-state index in [2.05, 4.69) is 46.3 Å². The third-order valence-electron chi connectivity index (χ3n) is 3.10. The molecule has 3 aromatic carbocycles. The number of hydrogen-bond donors (Lipinski definition) is 1. The van der Waals surface area contributed by atoms with Crippen molar-refractivity contribution >= 4 is 37.5 Å². The second kappa shape index (κ2) is 4.13. The number of benzene rings is 3. The Morgan fingerprint density at radius 2 is 1.65 bits per heavy atom. The zero-order chi connectivity index (χ0) is 11.8. The summed E-state index contributed by atoms with van der Waals surface area (Å²) in [5.74, 6) is 0. The smallest absolute Gasteiger partial charge is 0.0693 e. The maximum atomic E-state index is 9.61. The van der Waals surface area contributed by atoms with E-state index < -0.39 is 0 Å². The molecule has 0 saturated heterocycles. The summed E-state index contributed by atoms with van der Waals surface area (Å²) >= 11 is 3.48. The van der Waals surface area contributed by atoms with Crippen molar-refractivity contribution in [3.63, 3.8) is 0 Å². The number of hydrogen-bond acceptors (Lipinski definition) is 1. The summed E-state index contributed by atoms with van der Waals surface area (Å²) < 4.78 is 1.04. The molecule has 0 atom stereocenters. The zero-order valence-corrected chi connectivity index (χ0v) is 10.7. The van der Waals surface area contributed by atoms with Gasteiger partial charge < -0.3 is 5.11 Å². The average Bonchev–Trinajstić information content (AvgIpc) is 2.36. The maximum absolute atomic E-state index is 9.61. The van der Waals surface area contributed by atoms with Gasteiger partial charge in [-0.25, -0.2) is 0 Å². The van der Waals surface area contributed by atoms with Crippen LogP contribution in [0.1, 0.15) is 5.56 Å². The summed E-state index contributed by atoms with van der Waals surface area (Å²) in [4.78, 5) is 0. The van der Waals surface area contributed by atoms with Crippen LogP contribution >= 0.6 is 15.9 Å². The molecule has 0 fully saturated rings. The molecule has 84 valence electrons. The van der Waals surface area contributed by atoms with E-state index in [9.17, 15) is 5.11 Å². The molecule has 3 aromatic rings. The minimum absolute atomic E-state index is 0.0638. The lowest BCUT2D eigenvalue weighted by Gasteiger charge is -2.09. The molecule has 1 nitrogen and oxygen atoms in total. The molecule has 0 aliphatic carbocycles. The van der Waals surface area contributed by atoms with E-state index in [4.69, 9.17) is 0 Å². The second-order valence-corrected chi connectivity index (χ2v) is 5.02. The molecule has 0 saturated carbocycles. The molecular formula is C15H11BrO. The lowest BCUT2D eigenvalue weighted by Crippen LogP contribution is -1.89. The Labute approximate surface area is 108 Å². The van der Waals surface area contributed by atoms with Crippen molar-refractivity contribution in [1.29, 1.82) is 0 Å². The van der Waals surface area contributed by atoms with Crippen LogP contribution in [-0.2, 0) is 6.61 Å². The number of fused-ring (bicyclic) bond motifs is 2. The fourth-order valence-electron chi connectivity index (χ4n) is 2.30. The van der Waals surface area contributed by atoms with E-state index in [1.165, 1.54) is 5.39 Å². The molecular weight excluding hydrogens is 276 g/mol. The molecule has 0 aromatic heterocycles. The van der Waals surface area contributed by atoms with Crippen LogP contribution in [0.25, 0.3) is 21.5 Å². The summed E-state index contributed by atoms with van der Waals surface area (Å²) in [6.07, 6.45) is 0. The van der Waals surface area contributed by atoms with Crippen molar-refractivity contribution < 1.29 is 5.11 Å². The molecule has 0 bridgehead atoms. The second-order valence-electron chi connectivity index (χ2n) is 4.10. The summed E-state index contributed by atoms with van der Waals surface area (Å²) in [5, 5.41) is 14.2. The Balaban J connectivity index is 2.54. The first-order chi connectivity index (χ1) is 8.29. The number of rotatable bonds is 1. The van der Waals surface area contributed by atoms with Gasteiger partial charge in [-0.3, -0.25) is 0 Å². The first kappa shape index (κ1) is 10.8. The van der Waals surface area contributed by atoms with Gasteiger partial charge in [-0.1, -0.05) is 46.3 Å². The molecule has 0 radical (unpaired) electrons. The van der Waals surface area contributed by atoms with Crippen molar-refractivity contribution in [2.24, 2.45) is 0 Å². The quantitative estimate of drug-likeness (QED) is 0.663. The van der Waals surface area contributed by atoms with Crippen LogP contribution in [0.15, 0.2) is 53.0 Å². The van der Waals surface area contributed by atoms with E-state index in [0.29, 0.717) is 0 Å². The molecule has 17 heavy (non-hydrogen) atoms. The fraction of sp³-hybridized carbons (Fsp3) is 0.0667. The highest BCUT2D eigenvalue weighted by molar-refractivity contribution is 9.10. The third-order valence-corrected chi connectivity index (χ3v) is 3.59. The van der Waals surface area contributed by atoms with Crippen molar-refractivity contribution in [3.05, 3.63) is 58.6 Å². The Hall–Kier alpha value is -1.38. The lowest BCUT2D eigenvalue weighted by atomic mass is 9.97. The Morgan fingerprint density at radius 1 is 0.882 bits per heavy atom. The van der Waals surface area contributed by atoms with Gasteiger partial charge in [0.25, 0.3) is 0 Å². The molecule has 0 heterocycles. The van der Waals surface area contributed by atoms with Gasteiger partial charge in [0.05, 0.1) is 6.61 Å². The lowest BCUT2D eigenvalue weighted by molar-refractivity contribution is 0.285. The average molecular weight is 287 g/mol. The molecule has 1 N–H and O–H groups in total. The normalized spacial score (nSPS) is 11.2. The molecule has 0 aliphatic rings. The first-order valence-corrected chi connectivity index (χ1v) is 6.29. The summed E-state index contributed by atoms with van der Waals surface area (Å²) in [6.45, 7) is 0.0638. The number of halogens is 1. The maximum Gasteiger partial charge on any atom is 0.0693 e. The van der Waals surface area contributed by atoms with Gasteiger partial charge in [0.15, 0.2) is 0 Å². The Bertz CT molecular complexity index is 704. The molecule has 2 heteroatoms. The van der Waals surface area contributed by atoms with E-state index >= 15 is 0 Å². The van der Waals surface area contributed by atoms with Crippen molar-refractivity contribution in [1.82, 2.24) is 0 Å². The Morgan fingerprint density at radius 3 is 2.47 bits per heavy atom. The zero-order valence-electron chi connectivity index (χ0n) is 9.15. The molecule has 0 unspecified atom stereocenters. The van der Waals surface area contributed by atoms with Crippen molar-refractivity contribution in [3.8, 4) is 0 Å². The summed E-state index contributed by atoms with van der Waals surface area (Å²) in [6, 6.07) is 16.5. The van der Waals surface area contributed by atoms with E-state index in [1.54, 1.807) is 0 Å². The topological polar surface area (TPSA) is 20.2 Å². The van der Waals surface area contributed by atoms with Gasteiger partial charge in [0.2, 0.25) is 0 Å². The van der Waals surface area contributed by atoms with Crippen LogP contribution in [0.4, 0.5) is 0 Å². The fourth-order valence-corrected chi connectivity index (χ4v) is 2.66. The van der Waals surface area contributed by atoms with Gasteiger partial charge in [-0.05, 0) is 45.3 Å². The minimum Gasteiger partial charge on any atom is -0.392 e. The predicted molar refractivity (Wildman–Crippen MR) is 75.1 cm³/mol. The predicted octanol–water partition coefficient (Wildman–Crippen LogP) is 4.25. The van der Waals surface area contributed by atoms with Crippen LogP contribution in [-0.4, -0.2) is 5.11 Å². The van der Waals surface area contributed by atoms with E-state index in [0.717, 1.165) is 26.2 Å². The minimum atomic E-state index is 0.0638. The van der Waals surface area contributed by atoms with Gasteiger partial charge in [0, 0.05) is 4.47 Å². The van der Waals surface area contributed by atoms with Crippen LogP contribution in [0.5, 0.6) is 0 Å². The van der Waals surface area contributed by atoms with Gasteiger partial charge in [-0.15, -0.1) is 0 Å². The van der Waals surface area contributed by atoms with E-state index in [-0.39, 0.29) is 6.61 Å². The van der Waals surface area contributed by atoms with Gasteiger partial charge in [0.1, 0.15) is 0 Å². The summed E-state index contributed by atoms with van der Waals surface area (Å²) in [5.41, 5.74) is 0.999. The molecule has 0 aliphatic heterocycles. The third kappa shape index (κ3) is 1.74. The highest BCUT2D eigenvalue weighted by Crippen LogP contribution is 2.30. The highest BCUT2D eigenvalue weighted by atomic mass is 79.9. The highest BCUT2D eigenvalue weighted by Gasteiger charge is 2.06. The van der Waals surface area contributed by atoms with Crippen LogP contribution in [0.3, 0.4) is 0 Å². The van der Waals surface area contributed by atoms with Crippen LogP contribution in [0.2, 0.25) is 0 Å². The SMILES string of the molecule is OCc1c2ccccc2cc2ccc(Br)cc12. The Kier molecular flexibility index (Phi) is 2.61. The van der Waals surface area contributed by atoms with Crippen LogP contribution < -0.4 is 0 Å². The van der Waals surface area contributed by atoms with Gasteiger partial charge >= 0.3 is 0 Å². The molecule has 3 rings (SSSR count). The molecule has 0 amide bonds. The molecule has 0 spiro atoms. The first-order valence-electron chi connectivity index (χ1n) is 5.50. The van der Waals surface area contributed by atoms with Crippen molar-refractivity contribution in [2.45, 2.75) is 6.61 Å². The largest absolute Gasteiger partial charge is 0.392 e. The number of aliphatic hydroxyl groups is 1. The standard InChI is InChI=1S/C15H11BrO/c16-12-6-5-11-7-10-3-1-2-4-13(10)15(9-17)14(11)8-12/h1-8,17H,9H2. The number of aliphatic hydroxyl groups excluding tert-OH is 1. The monoisotopic (exact) mass is 286 g/mol. The van der Waals surface area contributed by atoms with E-state index in [1.807, 2.05) is 18.2 Å². The van der Waals surface area contributed by atoms with Gasteiger partial charge in [-0.2, -0.15) is 0 Å². The summed E-state index contributed by atoms with van der Waals surface area (Å²) in [7, 11) is 0. The van der Waals surface area contributed by atoms with Crippen molar-refractivity contribution in [2.75, 3.05) is 0 Å².